The van der Waals surface area contributed by atoms with E-state index in [9.17, 15) is 9.59 Å². The summed E-state index contributed by atoms with van der Waals surface area (Å²) in [5.74, 6) is -0.305. The summed E-state index contributed by atoms with van der Waals surface area (Å²) in [5, 5.41) is 0.218. The molecule has 0 N–H and O–H groups in total. The molecule has 1 aromatic rings. The van der Waals surface area contributed by atoms with Crippen molar-refractivity contribution in [3.05, 3.63) is 41.0 Å². The zero-order chi connectivity index (χ0) is 29.2. The second-order valence-corrected chi connectivity index (χ2v) is 18.3. The van der Waals surface area contributed by atoms with Gasteiger partial charge in [-0.15, -0.1) is 0 Å². The molecule has 3 rings (SSSR count). The van der Waals surface area contributed by atoms with E-state index in [1.165, 1.54) is 5.56 Å². The maximum Gasteiger partial charge on any atom is 0.410 e. The van der Waals surface area contributed by atoms with Crippen LogP contribution in [0.3, 0.4) is 0 Å². The zero-order valence-electron chi connectivity index (χ0n) is 25.8. The van der Waals surface area contributed by atoms with Gasteiger partial charge in [0.1, 0.15) is 5.60 Å². The van der Waals surface area contributed by atoms with E-state index in [1.807, 2.05) is 34.7 Å². The lowest BCUT2D eigenvalue weighted by molar-refractivity contribution is -0.140. The van der Waals surface area contributed by atoms with Crippen LogP contribution in [0.2, 0.25) is 18.1 Å². The number of likely N-dealkylation sites (N-methyl/N-ethyl adjacent to an activating group) is 1. The number of aryl methyl sites for hydroxylation is 1. The topological polar surface area (TPSA) is 68.3 Å². The Bertz CT molecular complexity index is 1050. The first kappa shape index (κ1) is 31.4. The number of esters is 1. The summed E-state index contributed by atoms with van der Waals surface area (Å²) in [6.45, 7) is 20.9. The molecular formula is C31H50N2O5Si. The van der Waals surface area contributed by atoms with Crippen molar-refractivity contribution in [2.45, 2.75) is 104 Å². The number of ether oxygens (including phenoxy) is 2. The van der Waals surface area contributed by atoms with Gasteiger partial charge >= 0.3 is 12.1 Å². The quantitative estimate of drug-likeness (QED) is 0.212. The predicted molar refractivity (Wildman–Crippen MR) is 159 cm³/mol. The van der Waals surface area contributed by atoms with Gasteiger partial charge in [-0.1, -0.05) is 45.0 Å². The highest BCUT2D eigenvalue weighted by Gasteiger charge is 2.45. The largest absolute Gasteiger partial charge is 0.463 e. The summed E-state index contributed by atoms with van der Waals surface area (Å²) in [6.07, 6.45) is 2.27. The Hall–Kier alpha value is -2.16. The molecule has 7 nitrogen and oxygen atoms in total. The van der Waals surface area contributed by atoms with E-state index in [0.29, 0.717) is 31.7 Å². The van der Waals surface area contributed by atoms with E-state index in [2.05, 4.69) is 63.0 Å². The molecule has 0 spiro atoms. The molecule has 2 bridgehead atoms. The molecule has 0 aliphatic carbocycles. The van der Waals surface area contributed by atoms with Gasteiger partial charge in [0.25, 0.3) is 0 Å². The van der Waals surface area contributed by atoms with E-state index in [4.69, 9.17) is 13.9 Å². The van der Waals surface area contributed by atoms with E-state index >= 15 is 0 Å². The number of carbonyl (C=O) groups is 2. The van der Waals surface area contributed by atoms with Gasteiger partial charge in [-0.2, -0.15) is 0 Å². The number of rotatable bonds is 8. The fourth-order valence-electron chi connectivity index (χ4n) is 5.01. The number of carbonyl (C=O) groups excluding carboxylic acids is 2. The SMILES string of the molecule is CCOC(=O)C1=C(c2ccc(CCCO[Si](C)(C)C(C)(C)C)cc2)CC2CN(C(=O)OC(C)(C)C)CC1N2C. The first-order valence-corrected chi connectivity index (χ1v) is 17.3. The monoisotopic (exact) mass is 558 g/mol. The van der Waals surface area contributed by atoms with E-state index in [-0.39, 0.29) is 29.2 Å². The molecule has 2 aliphatic rings. The maximum atomic E-state index is 13.3. The molecule has 39 heavy (non-hydrogen) atoms. The van der Waals surface area contributed by atoms with Gasteiger partial charge in [0.2, 0.25) is 0 Å². The fourth-order valence-corrected chi connectivity index (χ4v) is 6.10. The van der Waals surface area contributed by atoms with Crippen molar-refractivity contribution < 1.29 is 23.5 Å². The number of benzene rings is 1. The summed E-state index contributed by atoms with van der Waals surface area (Å²) < 4.78 is 17.5. The molecule has 0 saturated carbocycles. The molecule has 1 saturated heterocycles. The average Bonchev–Trinajstić information content (AvgIpc) is 2.80. The number of hydrogen-bond acceptors (Lipinski definition) is 6. The van der Waals surface area contributed by atoms with Crippen molar-refractivity contribution >= 4 is 26.0 Å². The van der Waals surface area contributed by atoms with E-state index in [0.717, 1.165) is 30.6 Å². The number of hydrogen-bond donors (Lipinski definition) is 0. The first-order chi connectivity index (χ1) is 18.0. The number of fused-ring (bicyclic) bond motifs is 2. The minimum Gasteiger partial charge on any atom is -0.463 e. The van der Waals surface area contributed by atoms with Crippen LogP contribution in [0.25, 0.3) is 5.57 Å². The lowest BCUT2D eigenvalue weighted by atomic mass is 9.82. The lowest BCUT2D eigenvalue weighted by Crippen LogP contribution is -2.62. The van der Waals surface area contributed by atoms with Crippen molar-refractivity contribution in [1.82, 2.24) is 9.80 Å². The maximum absolute atomic E-state index is 13.3. The van der Waals surface area contributed by atoms with Crippen LogP contribution < -0.4 is 0 Å². The Morgan fingerprint density at radius 1 is 1.03 bits per heavy atom. The molecule has 2 aliphatic heterocycles. The van der Waals surface area contributed by atoms with Crippen LogP contribution in [0.15, 0.2) is 29.8 Å². The van der Waals surface area contributed by atoms with E-state index < -0.39 is 13.9 Å². The van der Waals surface area contributed by atoms with Gasteiger partial charge in [-0.05, 0) is 88.8 Å². The second-order valence-electron chi connectivity index (χ2n) is 13.4. The van der Waals surface area contributed by atoms with Gasteiger partial charge in [0.05, 0.1) is 18.2 Å². The van der Waals surface area contributed by atoms with Crippen molar-refractivity contribution in [3.63, 3.8) is 0 Å². The highest BCUT2D eigenvalue weighted by atomic mass is 28.4. The molecule has 1 aromatic carbocycles. The highest BCUT2D eigenvalue weighted by molar-refractivity contribution is 6.74. The van der Waals surface area contributed by atoms with Gasteiger partial charge in [0.15, 0.2) is 8.32 Å². The molecule has 2 heterocycles. The smallest absolute Gasteiger partial charge is 0.410 e. The summed E-state index contributed by atoms with van der Waals surface area (Å²) >= 11 is 0. The van der Waals surface area contributed by atoms with Crippen LogP contribution >= 0.6 is 0 Å². The van der Waals surface area contributed by atoms with Gasteiger partial charge < -0.3 is 18.8 Å². The molecular weight excluding hydrogens is 508 g/mol. The Kier molecular flexibility index (Phi) is 9.77. The number of amides is 1. The van der Waals surface area contributed by atoms with Crippen molar-refractivity contribution in [1.29, 1.82) is 0 Å². The summed E-state index contributed by atoms with van der Waals surface area (Å²) in [5.41, 5.74) is 3.42. The van der Waals surface area contributed by atoms with Crippen LogP contribution in [0, 0.1) is 0 Å². The molecule has 218 valence electrons. The minimum absolute atomic E-state index is 0.0941. The van der Waals surface area contributed by atoms with Crippen LogP contribution in [0.4, 0.5) is 4.79 Å². The van der Waals surface area contributed by atoms with Crippen LogP contribution in [0.1, 0.15) is 72.4 Å². The Morgan fingerprint density at radius 2 is 1.67 bits per heavy atom. The molecule has 0 aromatic heterocycles. The minimum atomic E-state index is -1.73. The van der Waals surface area contributed by atoms with Crippen LogP contribution in [-0.4, -0.2) is 81.2 Å². The molecule has 1 amide bonds. The Morgan fingerprint density at radius 3 is 2.23 bits per heavy atom. The first-order valence-electron chi connectivity index (χ1n) is 14.4. The molecule has 0 radical (unpaired) electrons. The standard InChI is InChI=1S/C31H50N2O5Si/c1-11-36-28(34)27-25(19-24-20-33(21-26(27)32(24)8)29(35)38-30(2,3)4)23-16-14-22(15-17-23)13-12-18-37-39(9,10)31(5,6)7/h14-17,24,26H,11-13,18-21H2,1-10H3. The van der Waals surface area contributed by atoms with Gasteiger partial charge in [-0.25, -0.2) is 9.59 Å². The summed E-state index contributed by atoms with van der Waals surface area (Å²) in [4.78, 5) is 30.1. The molecule has 1 fully saturated rings. The second kappa shape index (κ2) is 12.1. The van der Waals surface area contributed by atoms with Crippen LogP contribution in [-0.2, 0) is 25.1 Å². The fraction of sp³-hybridized carbons (Fsp3) is 0.677. The predicted octanol–water partition coefficient (Wildman–Crippen LogP) is 6.28. The summed E-state index contributed by atoms with van der Waals surface area (Å²) in [6, 6.07) is 8.44. The van der Waals surface area contributed by atoms with E-state index in [1.54, 1.807) is 4.90 Å². The molecule has 8 heteroatoms. The Balaban J connectivity index is 1.78. The molecule has 2 atom stereocenters. The number of nitrogens with zero attached hydrogens (tertiary/aromatic N) is 2. The lowest BCUT2D eigenvalue weighted by Gasteiger charge is -2.49. The van der Waals surface area contributed by atoms with Crippen LogP contribution in [0.5, 0.6) is 0 Å². The normalized spacial score (nSPS) is 20.7. The van der Waals surface area contributed by atoms with Crippen molar-refractivity contribution in [3.8, 4) is 0 Å². The average molecular weight is 559 g/mol. The summed E-state index contributed by atoms with van der Waals surface area (Å²) in [7, 11) is 0.307. The van der Waals surface area contributed by atoms with Gasteiger partial charge in [-0.3, -0.25) is 4.90 Å². The Labute approximate surface area is 237 Å². The number of piperazine rings is 1. The third kappa shape index (κ3) is 7.73. The van der Waals surface area contributed by atoms with Crippen molar-refractivity contribution in [2.75, 3.05) is 33.4 Å². The highest BCUT2D eigenvalue weighted by Crippen LogP contribution is 2.39. The third-order valence-electron chi connectivity index (χ3n) is 8.32. The van der Waals surface area contributed by atoms with Gasteiger partial charge in [0, 0.05) is 25.7 Å². The van der Waals surface area contributed by atoms with Crippen molar-refractivity contribution in [2.24, 2.45) is 0 Å². The molecule has 2 unspecified atom stereocenters. The third-order valence-corrected chi connectivity index (χ3v) is 12.9. The zero-order valence-corrected chi connectivity index (χ0v) is 26.8.